The van der Waals surface area contributed by atoms with Gasteiger partial charge in [-0.2, -0.15) is 13.2 Å². The zero-order valence-corrected chi connectivity index (χ0v) is 15.7. The Morgan fingerprint density at radius 1 is 0.867 bits per heavy atom. The fraction of sp³-hybridized carbons (Fsp3) is 0.0870. The molecule has 0 saturated heterocycles. The molecule has 3 nitrogen and oxygen atoms in total. The Kier molecular flexibility index (Phi) is 4.81. The summed E-state index contributed by atoms with van der Waals surface area (Å²) in [5, 5.41) is 0.654. The Labute approximate surface area is 168 Å². The topological polar surface area (TPSA) is 42.1 Å². The number of benzene rings is 3. The molecule has 4 rings (SSSR count). The molecule has 0 aliphatic rings. The summed E-state index contributed by atoms with van der Waals surface area (Å²) in [7, 11) is 1.23. The molecule has 3 aromatic carbocycles. The van der Waals surface area contributed by atoms with E-state index in [1.165, 1.54) is 31.4 Å². The number of esters is 1. The van der Waals surface area contributed by atoms with Gasteiger partial charge in [0.05, 0.1) is 12.7 Å². The lowest BCUT2D eigenvalue weighted by atomic mass is 9.98. The first-order valence-electron chi connectivity index (χ1n) is 8.95. The molecule has 0 atom stereocenters. The fourth-order valence-corrected chi connectivity index (χ4v) is 3.40. The number of alkyl halides is 3. The van der Waals surface area contributed by atoms with Crippen LogP contribution in [-0.2, 0) is 10.9 Å². The summed E-state index contributed by atoms with van der Waals surface area (Å²) >= 11 is 0. The molecule has 1 heterocycles. The van der Waals surface area contributed by atoms with Crippen molar-refractivity contribution in [1.29, 1.82) is 0 Å². The van der Waals surface area contributed by atoms with Gasteiger partial charge in [0.25, 0.3) is 0 Å². The van der Waals surface area contributed by atoms with Gasteiger partial charge in [0.15, 0.2) is 0 Å². The zero-order valence-electron chi connectivity index (χ0n) is 15.7. The first-order valence-corrected chi connectivity index (χ1v) is 8.95. The number of H-pyrrole nitrogens is 1. The summed E-state index contributed by atoms with van der Waals surface area (Å²) in [5.74, 6) is -0.985. The number of hydrogen-bond donors (Lipinski definition) is 1. The van der Waals surface area contributed by atoms with Gasteiger partial charge in [-0.3, -0.25) is 0 Å². The Bertz CT molecular complexity index is 1220. The smallest absolute Gasteiger partial charge is 0.416 e. The number of halogens is 4. The largest absolute Gasteiger partial charge is 0.464 e. The minimum absolute atomic E-state index is 0.142. The van der Waals surface area contributed by atoms with E-state index in [2.05, 4.69) is 4.98 Å². The van der Waals surface area contributed by atoms with Crippen molar-refractivity contribution >= 4 is 16.9 Å². The second-order valence-corrected chi connectivity index (χ2v) is 6.71. The maximum absolute atomic E-state index is 13.2. The van der Waals surface area contributed by atoms with Gasteiger partial charge in [-0.05, 0) is 47.0 Å². The molecule has 0 fully saturated rings. The van der Waals surface area contributed by atoms with Gasteiger partial charge in [0.1, 0.15) is 11.5 Å². The van der Waals surface area contributed by atoms with Crippen LogP contribution < -0.4 is 0 Å². The third kappa shape index (κ3) is 3.54. The lowest BCUT2D eigenvalue weighted by Crippen LogP contribution is -2.05. The lowest BCUT2D eigenvalue weighted by molar-refractivity contribution is -0.137. The average Bonchev–Trinajstić information content (AvgIpc) is 3.12. The van der Waals surface area contributed by atoms with E-state index in [1.807, 2.05) is 0 Å². The minimum atomic E-state index is -4.45. The van der Waals surface area contributed by atoms with Crippen molar-refractivity contribution in [1.82, 2.24) is 4.98 Å². The molecule has 0 saturated carbocycles. The summed E-state index contributed by atoms with van der Waals surface area (Å²) in [6.45, 7) is 0. The van der Waals surface area contributed by atoms with Gasteiger partial charge >= 0.3 is 12.1 Å². The zero-order chi connectivity index (χ0) is 21.5. The second kappa shape index (κ2) is 7.33. The Morgan fingerprint density at radius 2 is 1.47 bits per heavy atom. The number of hydrogen-bond acceptors (Lipinski definition) is 2. The van der Waals surface area contributed by atoms with E-state index in [0.717, 1.165) is 23.3 Å². The number of aromatic nitrogens is 1. The molecule has 152 valence electrons. The molecule has 30 heavy (non-hydrogen) atoms. The van der Waals surface area contributed by atoms with Crippen molar-refractivity contribution in [3.63, 3.8) is 0 Å². The molecule has 0 radical (unpaired) electrons. The van der Waals surface area contributed by atoms with Crippen LogP contribution >= 0.6 is 0 Å². The number of nitrogens with one attached hydrogen (secondary N) is 1. The van der Waals surface area contributed by atoms with E-state index in [9.17, 15) is 22.4 Å². The monoisotopic (exact) mass is 413 g/mol. The number of fused-ring (bicyclic) bond motifs is 1. The molecule has 0 amide bonds. The predicted octanol–water partition coefficient (Wildman–Crippen LogP) is 6.45. The number of carbonyl (C=O) groups excluding carboxylic acids is 1. The second-order valence-electron chi connectivity index (χ2n) is 6.71. The van der Waals surface area contributed by atoms with E-state index in [1.54, 1.807) is 30.3 Å². The molecule has 0 unspecified atom stereocenters. The first kappa shape index (κ1) is 19.7. The number of aromatic amines is 1. The van der Waals surface area contributed by atoms with Crippen LogP contribution in [-0.4, -0.2) is 18.1 Å². The summed E-state index contributed by atoms with van der Waals surface area (Å²) in [6.07, 6.45) is -4.45. The van der Waals surface area contributed by atoms with Crippen LogP contribution in [0.25, 0.3) is 33.2 Å². The normalized spacial score (nSPS) is 11.6. The number of ether oxygens (including phenoxy) is 1. The predicted molar refractivity (Wildman–Crippen MR) is 105 cm³/mol. The Hall–Kier alpha value is -3.61. The third-order valence-electron chi connectivity index (χ3n) is 4.87. The van der Waals surface area contributed by atoms with Gasteiger partial charge in [0, 0.05) is 16.5 Å². The van der Waals surface area contributed by atoms with Gasteiger partial charge < -0.3 is 9.72 Å². The highest BCUT2D eigenvalue weighted by Gasteiger charge is 2.30. The maximum atomic E-state index is 13.2. The van der Waals surface area contributed by atoms with Gasteiger partial charge in [-0.15, -0.1) is 0 Å². The van der Waals surface area contributed by atoms with E-state index < -0.39 is 17.7 Å². The highest BCUT2D eigenvalue weighted by atomic mass is 19.4. The summed E-state index contributed by atoms with van der Waals surface area (Å²) in [4.78, 5) is 15.3. The van der Waals surface area contributed by atoms with Crippen molar-refractivity contribution in [3.8, 4) is 22.3 Å². The van der Waals surface area contributed by atoms with Crippen LogP contribution in [0.15, 0.2) is 66.7 Å². The molecule has 1 N–H and O–H groups in total. The SMILES string of the molecule is COC(=O)c1[nH]c2cc(-c3ccc(F)cc3)ccc2c1-c1ccc(C(F)(F)F)cc1. The molecule has 1 aromatic heterocycles. The first-order chi connectivity index (χ1) is 14.3. The number of rotatable bonds is 3. The number of carbonyl (C=O) groups is 1. The molecule has 0 aliphatic carbocycles. The summed E-state index contributed by atoms with van der Waals surface area (Å²) in [5.41, 5.74) is 2.45. The molecule has 0 aliphatic heterocycles. The molecular weight excluding hydrogens is 398 g/mol. The van der Waals surface area contributed by atoms with Crippen molar-refractivity contribution in [3.05, 3.63) is 83.8 Å². The molecule has 7 heteroatoms. The van der Waals surface area contributed by atoms with Crippen LogP contribution in [0.2, 0.25) is 0 Å². The van der Waals surface area contributed by atoms with Gasteiger partial charge in [-0.25, -0.2) is 9.18 Å². The molecule has 4 aromatic rings. The fourth-order valence-electron chi connectivity index (χ4n) is 3.40. The van der Waals surface area contributed by atoms with E-state index >= 15 is 0 Å². The summed E-state index contributed by atoms with van der Waals surface area (Å²) < 4.78 is 56.8. The highest BCUT2D eigenvalue weighted by Crippen LogP contribution is 2.37. The average molecular weight is 413 g/mol. The molecule has 0 bridgehead atoms. The Balaban J connectivity index is 1.87. The molecule has 0 spiro atoms. The quantitative estimate of drug-likeness (QED) is 0.310. The highest BCUT2D eigenvalue weighted by molar-refractivity contribution is 6.08. The van der Waals surface area contributed by atoms with E-state index in [0.29, 0.717) is 22.0 Å². The lowest BCUT2D eigenvalue weighted by Gasteiger charge is -2.09. The molecular formula is C23H15F4NO2. The van der Waals surface area contributed by atoms with Crippen LogP contribution in [0, 0.1) is 5.82 Å². The van der Waals surface area contributed by atoms with Gasteiger partial charge in [0.2, 0.25) is 0 Å². The summed E-state index contributed by atoms with van der Waals surface area (Å²) in [6, 6.07) is 15.9. The van der Waals surface area contributed by atoms with E-state index in [-0.39, 0.29) is 11.5 Å². The number of methoxy groups -OCH3 is 1. The van der Waals surface area contributed by atoms with Crippen LogP contribution in [0.3, 0.4) is 0 Å². The standard InChI is InChI=1S/C23H15F4NO2/c1-30-22(29)21-20(14-2-7-16(8-3-14)23(25,26)27)18-11-6-15(12-19(18)28-21)13-4-9-17(24)10-5-13/h2-12,28H,1H3. The van der Waals surface area contributed by atoms with Crippen molar-refractivity contribution < 1.29 is 27.1 Å². The van der Waals surface area contributed by atoms with Crippen LogP contribution in [0.4, 0.5) is 17.6 Å². The van der Waals surface area contributed by atoms with Gasteiger partial charge in [-0.1, -0.05) is 36.4 Å². The van der Waals surface area contributed by atoms with Crippen LogP contribution in [0.1, 0.15) is 16.1 Å². The van der Waals surface area contributed by atoms with Crippen LogP contribution in [0.5, 0.6) is 0 Å². The van der Waals surface area contributed by atoms with Crippen molar-refractivity contribution in [2.75, 3.05) is 7.11 Å². The minimum Gasteiger partial charge on any atom is -0.464 e. The Morgan fingerprint density at radius 3 is 2.07 bits per heavy atom. The van der Waals surface area contributed by atoms with Crippen molar-refractivity contribution in [2.24, 2.45) is 0 Å². The van der Waals surface area contributed by atoms with E-state index in [4.69, 9.17) is 4.74 Å². The van der Waals surface area contributed by atoms with Crippen molar-refractivity contribution in [2.45, 2.75) is 6.18 Å². The third-order valence-corrected chi connectivity index (χ3v) is 4.87. The maximum Gasteiger partial charge on any atom is 0.416 e.